The van der Waals surface area contributed by atoms with E-state index in [2.05, 4.69) is 60.1 Å². The fourth-order valence-electron chi connectivity index (χ4n) is 3.37. The van der Waals surface area contributed by atoms with E-state index in [9.17, 15) is 5.26 Å². The van der Waals surface area contributed by atoms with Crippen molar-refractivity contribution < 1.29 is 0 Å². The van der Waals surface area contributed by atoms with E-state index < -0.39 is 0 Å². The van der Waals surface area contributed by atoms with Crippen LogP contribution in [0.1, 0.15) is 13.8 Å². The third-order valence-corrected chi connectivity index (χ3v) is 5.72. The number of para-hydroxylation sites is 1. The summed E-state index contributed by atoms with van der Waals surface area (Å²) >= 11 is 1.80. The Bertz CT molecular complexity index is 923. The molecule has 4 rings (SSSR count). The fourth-order valence-corrected chi connectivity index (χ4v) is 4.03. The van der Waals surface area contributed by atoms with E-state index in [1.165, 1.54) is 10.3 Å². The molecule has 0 radical (unpaired) electrons. The number of fused-ring (bicyclic) bond motifs is 1. The van der Waals surface area contributed by atoms with Gasteiger partial charge in [0.1, 0.15) is 5.82 Å². The number of hydrogen-bond acceptors (Lipinski definition) is 4. The van der Waals surface area contributed by atoms with Crippen LogP contribution in [0.4, 0.5) is 5.82 Å². The third-order valence-electron chi connectivity index (χ3n) is 4.88. The van der Waals surface area contributed by atoms with Gasteiger partial charge in [-0.1, -0.05) is 25.1 Å². The maximum Gasteiger partial charge on any atom is 0.138 e. The van der Waals surface area contributed by atoms with Gasteiger partial charge < -0.3 is 9.88 Å². The van der Waals surface area contributed by atoms with Crippen molar-refractivity contribution in [2.45, 2.75) is 24.8 Å². The third kappa shape index (κ3) is 2.77. The molecule has 0 amide bonds. The average Bonchev–Trinajstić information content (AvgIpc) is 3.06. The van der Waals surface area contributed by atoms with Gasteiger partial charge in [0.05, 0.1) is 17.7 Å². The van der Waals surface area contributed by atoms with Gasteiger partial charge in [-0.05, 0) is 30.9 Å². The number of pyridine rings is 1. The smallest absolute Gasteiger partial charge is 0.138 e. The van der Waals surface area contributed by atoms with Gasteiger partial charge in [0, 0.05) is 40.1 Å². The molecule has 1 fully saturated rings. The largest absolute Gasteiger partial charge is 0.354 e. The monoisotopic (exact) mass is 348 g/mol. The molecule has 1 saturated heterocycles. The first-order valence-electron chi connectivity index (χ1n) is 8.58. The Morgan fingerprint density at radius 1 is 1.36 bits per heavy atom. The lowest BCUT2D eigenvalue weighted by Crippen LogP contribution is -2.54. The van der Waals surface area contributed by atoms with Crippen molar-refractivity contribution in [1.82, 2.24) is 9.97 Å². The van der Waals surface area contributed by atoms with Crippen molar-refractivity contribution in [2.24, 2.45) is 5.92 Å². The predicted octanol–water partition coefficient (Wildman–Crippen LogP) is 4.69. The molecule has 3 heterocycles. The summed E-state index contributed by atoms with van der Waals surface area (Å²) in [4.78, 5) is 11.7. The van der Waals surface area contributed by atoms with Gasteiger partial charge >= 0.3 is 0 Å². The number of nitrogens with one attached hydrogen (secondary N) is 1. The number of thioether (sulfide) groups is 1. The topological polar surface area (TPSA) is 55.7 Å². The van der Waals surface area contributed by atoms with Crippen molar-refractivity contribution in [3.63, 3.8) is 0 Å². The Hall–Kier alpha value is -2.45. The molecule has 0 spiro atoms. The minimum atomic E-state index is 0.0852. The Kier molecular flexibility index (Phi) is 4.14. The van der Waals surface area contributed by atoms with Crippen molar-refractivity contribution in [1.29, 1.82) is 5.26 Å². The van der Waals surface area contributed by atoms with Crippen LogP contribution in [0.3, 0.4) is 0 Å². The first-order chi connectivity index (χ1) is 12.2. The van der Waals surface area contributed by atoms with Gasteiger partial charge in [-0.25, -0.2) is 4.98 Å². The Balaban J connectivity index is 1.81. The minimum Gasteiger partial charge on any atom is -0.354 e. The SMILES string of the molecule is CCSc1cnc(N2CC(C#N)C2C)c(-c2cc3ccccc3[nH]2)c1. The summed E-state index contributed by atoms with van der Waals surface area (Å²) in [7, 11) is 0. The van der Waals surface area contributed by atoms with Gasteiger partial charge in [0.2, 0.25) is 0 Å². The highest BCUT2D eigenvalue weighted by Crippen LogP contribution is 2.38. The average molecular weight is 348 g/mol. The Morgan fingerprint density at radius 3 is 2.92 bits per heavy atom. The second kappa shape index (κ2) is 6.45. The van der Waals surface area contributed by atoms with Gasteiger partial charge in [-0.15, -0.1) is 11.8 Å². The van der Waals surface area contributed by atoms with Gasteiger partial charge in [0.15, 0.2) is 0 Å². The van der Waals surface area contributed by atoms with Crippen LogP contribution >= 0.6 is 11.8 Å². The van der Waals surface area contributed by atoms with E-state index >= 15 is 0 Å². The fraction of sp³-hybridized carbons (Fsp3) is 0.300. The molecule has 3 aromatic rings. The van der Waals surface area contributed by atoms with Gasteiger partial charge in [-0.3, -0.25) is 0 Å². The minimum absolute atomic E-state index is 0.0852. The molecule has 126 valence electrons. The van der Waals surface area contributed by atoms with Crippen molar-refractivity contribution in [2.75, 3.05) is 17.2 Å². The Labute approximate surface area is 151 Å². The summed E-state index contributed by atoms with van der Waals surface area (Å²) < 4.78 is 0. The molecule has 5 heteroatoms. The molecule has 2 atom stereocenters. The zero-order valence-corrected chi connectivity index (χ0v) is 15.2. The van der Waals surface area contributed by atoms with E-state index in [1.807, 2.05) is 12.3 Å². The van der Waals surface area contributed by atoms with Crippen LogP contribution in [0.15, 0.2) is 47.5 Å². The molecule has 1 N–H and O–H groups in total. The van der Waals surface area contributed by atoms with E-state index in [4.69, 9.17) is 4.98 Å². The van der Waals surface area contributed by atoms with Gasteiger partial charge in [-0.2, -0.15) is 5.26 Å². The number of rotatable bonds is 4. The molecule has 1 aromatic carbocycles. The zero-order valence-electron chi connectivity index (χ0n) is 14.4. The first kappa shape index (κ1) is 16.0. The summed E-state index contributed by atoms with van der Waals surface area (Å²) in [6.07, 6.45) is 1.95. The Morgan fingerprint density at radius 2 is 2.20 bits per heavy atom. The van der Waals surface area contributed by atoms with Gasteiger partial charge in [0.25, 0.3) is 0 Å². The number of anilines is 1. The summed E-state index contributed by atoms with van der Waals surface area (Å²) in [5, 5.41) is 10.4. The quantitative estimate of drug-likeness (QED) is 0.695. The number of aromatic amines is 1. The lowest BCUT2D eigenvalue weighted by molar-refractivity contribution is 0.383. The molecule has 4 nitrogen and oxygen atoms in total. The number of H-pyrrole nitrogens is 1. The van der Waals surface area contributed by atoms with Crippen LogP contribution in [0.2, 0.25) is 0 Å². The highest BCUT2D eigenvalue weighted by atomic mass is 32.2. The van der Waals surface area contributed by atoms with E-state index in [1.54, 1.807) is 11.8 Å². The molecule has 2 unspecified atom stereocenters. The lowest BCUT2D eigenvalue weighted by atomic mass is 9.90. The predicted molar refractivity (Wildman–Crippen MR) is 104 cm³/mol. The van der Waals surface area contributed by atoms with Crippen LogP contribution in [0, 0.1) is 17.2 Å². The molecular formula is C20H20N4S. The van der Waals surface area contributed by atoms with Crippen LogP contribution in [0.5, 0.6) is 0 Å². The molecule has 0 aliphatic carbocycles. The summed E-state index contributed by atoms with van der Waals surface area (Å²) in [5.74, 6) is 2.07. The molecular weight excluding hydrogens is 328 g/mol. The molecule has 1 aliphatic heterocycles. The van der Waals surface area contributed by atoms with Crippen LogP contribution in [0.25, 0.3) is 22.2 Å². The standard InChI is InChI=1S/C20H20N4S/c1-3-25-16-9-17(19-8-14-6-4-5-7-18(14)23-19)20(22-11-16)24-12-15(10-21)13(24)2/h4-9,11,13,15,23H,3,12H2,1-2H3. The number of aromatic nitrogens is 2. The summed E-state index contributed by atoms with van der Waals surface area (Å²) in [5.41, 5.74) is 3.32. The van der Waals surface area contributed by atoms with E-state index in [-0.39, 0.29) is 12.0 Å². The van der Waals surface area contributed by atoms with E-state index in [0.717, 1.165) is 34.9 Å². The summed E-state index contributed by atoms with van der Waals surface area (Å²) in [6, 6.07) is 15.3. The highest BCUT2D eigenvalue weighted by molar-refractivity contribution is 7.99. The van der Waals surface area contributed by atoms with Crippen molar-refractivity contribution in [3.8, 4) is 17.3 Å². The molecule has 25 heavy (non-hydrogen) atoms. The number of benzene rings is 1. The second-order valence-corrected chi connectivity index (χ2v) is 7.71. The molecule has 1 aliphatic rings. The number of nitriles is 1. The summed E-state index contributed by atoms with van der Waals surface area (Å²) in [6.45, 7) is 5.00. The highest BCUT2D eigenvalue weighted by Gasteiger charge is 2.37. The van der Waals surface area contributed by atoms with Crippen LogP contribution in [-0.2, 0) is 0 Å². The normalized spacial score (nSPS) is 19.6. The van der Waals surface area contributed by atoms with E-state index in [0.29, 0.717) is 0 Å². The van der Waals surface area contributed by atoms with Crippen molar-refractivity contribution in [3.05, 3.63) is 42.6 Å². The number of hydrogen-bond donors (Lipinski definition) is 1. The second-order valence-electron chi connectivity index (χ2n) is 6.37. The maximum atomic E-state index is 9.21. The number of nitrogens with zero attached hydrogens (tertiary/aromatic N) is 3. The van der Waals surface area contributed by atoms with Crippen LogP contribution in [-0.4, -0.2) is 28.3 Å². The lowest BCUT2D eigenvalue weighted by Gasteiger charge is -2.44. The maximum absolute atomic E-state index is 9.21. The zero-order chi connectivity index (χ0) is 17.4. The van der Waals surface area contributed by atoms with Crippen molar-refractivity contribution >= 4 is 28.5 Å². The molecule has 2 aromatic heterocycles. The molecule has 0 saturated carbocycles. The molecule has 0 bridgehead atoms. The first-order valence-corrected chi connectivity index (χ1v) is 9.57. The van der Waals surface area contributed by atoms with Crippen LogP contribution < -0.4 is 4.90 Å².